The molecule has 4 aromatic carbocycles. The summed E-state index contributed by atoms with van der Waals surface area (Å²) in [5.74, 6) is -36.2. The van der Waals surface area contributed by atoms with E-state index in [2.05, 4.69) is 0 Å². The summed E-state index contributed by atoms with van der Waals surface area (Å²) in [6.07, 6.45) is -12.1. The fraction of sp³-hybridized carbons (Fsp3) is 0.220. The molecule has 14 N–H and O–H groups in total. The number of ketones is 1. The second kappa shape index (κ2) is 14.8. The van der Waals surface area contributed by atoms with Gasteiger partial charge in [0.25, 0.3) is 11.6 Å². The monoisotopic (exact) mass is 952 g/mol. The number of benzene rings is 4. The normalized spacial score (nSPS) is 25.7. The zero-order valence-electron chi connectivity index (χ0n) is 33.2. The van der Waals surface area contributed by atoms with E-state index >= 15 is 0 Å². The van der Waals surface area contributed by atoms with E-state index in [-0.39, 0.29) is 6.08 Å². The van der Waals surface area contributed by atoms with Crippen molar-refractivity contribution >= 4 is 35.6 Å². The minimum Gasteiger partial charge on any atom is -0.504 e. The van der Waals surface area contributed by atoms with E-state index in [1.165, 1.54) is 0 Å². The van der Waals surface area contributed by atoms with E-state index in [9.17, 15) is 100 Å². The second-order valence-electron chi connectivity index (χ2n) is 15.5. The number of esters is 5. The van der Waals surface area contributed by atoms with Crippen LogP contribution >= 0.6 is 0 Å². The molecule has 0 unspecified atom stereocenters. The Kier molecular flexibility index (Phi) is 9.64. The van der Waals surface area contributed by atoms with Gasteiger partial charge in [-0.25, -0.2) is 24.0 Å². The van der Waals surface area contributed by atoms with Crippen LogP contribution in [0.1, 0.15) is 52.9 Å². The molecule has 1 saturated heterocycles. The number of carbonyl (C=O) groups is 6. The SMILES string of the molecule is O=C1O[C@H]2[C@@H]3OC(=O)c4cc(O)c(O)c(O)c4-c4c(cc(O)c(O)c4O)C(=O)OC[C@H]2O[C@@H](OC(=O)c2cc(O)c(O)c(O)c2)[C@@H]3OC(=O)c2cc(O)c(O)c3c2[C@@H]2C1=CC(=O)C(O)(O)[C@]2(O)O3. The van der Waals surface area contributed by atoms with Crippen molar-refractivity contribution < 1.29 is 133 Å². The predicted molar refractivity (Wildman–Crippen MR) is 204 cm³/mol. The number of fused-ring (bicyclic) bond motifs is 3. The summed E-state index contributed by atoms with van der Waals surface area (Å²) in [5.41, 5.74) is -8.25. The van der Waals surface area contributed by atoms with Crippen LogP contribution < -0.4 is 4.74 Å². The summed E-state index contributed by atoms with van der Waals surface area (Å²) in [6.45, 7) is -1.31. The summed E-state index contributed by atoms with van der Waals surface area (Å²) in [6, 6.07) is 2.36. The van der Waals surface area contributed by atoms with Crippen LogP contribution in [0.15, 0.2) is 42.0 Å². The maximum absolute atomic E-state index is 14.6. The fourth-order valence-corrected chi connectivity index (χ4v) is 8.26. The average Bonchev–Trinajstić information content (AvgIpc) is 3.61. The maximum atomic E-state index is 14.6. The van der Waals surface area contributed by atoms with Crippen molar-refractivity contribution in [3.8, 4) is 80.1 Å². The topological polar surface area (TPSA) is 450 Å². The Bertz CT molecular complexity index is 3020. The molecule has 5 aliphatic rings. The number of aliphatic hydroxyl groups is 3. The first-order valence-electron chi connectivity index (χ1n) is 19.1. The van der Waals surface area contributed by atoms with Gasteiger partial charge in [0.2, 0.25) is 35.4 Å². The van der Waals surface area contributed by atoms with Gasteiger partial charge >= 0.3 is 29.8 Å². The lowest BCUT2D eigenvalue weighted by atomic mass is 9.74. The van der Waals surface area contributed by atoms with Gasteiger partial charge in [-0.05, 0) is 36.4 Å². The standard InChI is InChI=1S/C41H28O27/c42-13-1-8(2-14(43)24(13)48)34(54)67-39-33-32-30(64-38(58)12-6-19(47)40(59,60)41(61)23(12)22-11(37(57)66-33)5-17(46)27(51)31(22)68-41)18(63-39)7-62-35(55)9-3-15(44)25(49)28(52)20(9)21-10(36(56)65-32)4-16(45)26(50)29(21)53/h1-6,18,23,30,32-33,39,42-46,48-53,59-61H,7H2/t18-,23+,30-,32+,33-,39+,41-/m1/s1. The molecule has 68 heavy (non-hydrogen) atoms. The minimum atomic E-state index is -4.02. The van der Waals surface area contributed by atoms with Gasteiger partial charge in [0.05, 0.1) is 33.7 Å². The first-order chi connectivity index (χ1) is 31.9. The Labute approximate surface area is 373 Å². The van der Waals surface area contributed by atoms with Gasteiger partial charge in [0.15, 0.2) is 64.0 Å². The van der Waals surface area contributed by atoms with E-state index in [1.54, 1.807) is 0 Å². The lowest BCUT2D eigenvalue weighted by Gasteiger charge is -2.44. The van der Waals surface area contributed by atoms with Crippen LogP contribution in [0.5, 0.6) is 69.0 Å². The number of carbonyl (C=O) groups excluding carboxylic acids is 6. The number of phenols is 11. The van der Waals surface area contributed by atoms with E-state index in [0.717, 1.165) is 0 Å². The zero-order chi connectivity index (χ0) is 49.4. The Morgan fingerprint density at radius 2 is 1.07 bits per heavy atom. The molecular formula is C41H28O27. The number of hydrogen-bond donors (Lipinski definition) is 14. The van der Waals surface area contributed by atoms with E-state index < -0.39 is 204 Å². The number of aromatic hydroxyl groups is 11. The highest BCUT2D eigenvalue weighted by molar-refractivity contribution is 6.09. The number of ether oxygens (including phenoxy) is 7. The molecule has 0 spiro atoms. The summed E-state index contributed by atoms with van der Waals surface area (Å²) >= 11 is 0. The van der Waals surface area contributed by atoms with Gasteiger partial charge < -0.3 is 105 Å². The van der Waals surface area contributed by atoms with Crippen molar-refractivity contribution in [1.29, 1.82) is 0 Å². The summed E-state index contributed by atoms with van der Waals surface area (Å²) in [7, 11) is 0. The van der Waals surface area contributed by atoms with Crippen molar-refractivity contribution in [3.63, 3.8) is 0 Å². The van der Waals surface area contributed by atoms with Crippen LogP contribution in [-0.2, 0) is 38.0 Å². The van der Waals surface area contributed by atoms with Crippen molar-refractivity contribution in [2.24, 2.45) is 0 Å². The average molecular weight is 953 g/mol. The van der Waals surface area contributed by atoms with Crippen molar-refractivity contribution in [3.05, 3.63) is 69.8 Å². The lowest BCUT2D eigenvalue weighted by Crippen LogP contribution is -2.66. The quantitative estimate of drug-likeness (QED) is 0.0491. The zero-order valence-corrected chi connectivity index (χ0v) is 33.2. The molecule has 4 aromatic rings. The van der Waals surface area contributed by atoms with Gasteiger partial charge in [0, 0.05) is 16.7 Å². The Morgan fingerprint density at radius 1 is 0.574 bits per heavy atom. The molecule has 4 bridgehead atoms. The highest BCUT2D eigenvalue weighted by Gasteiger charge is 2.70. The fourth-order valence-electron chi connectivity index (χ4n) is 8.26. The molecule has 9 rings (SSSR count). The molecule has 27 nitrogen and oxygen atoms in total. The molecule has 0 amide bonds. The molecule has 1 aliphatic carbocycles. The van der Waals surface area contributed by atoms with Gasteiger partial charge in [-0.2, -0.15) is 0 Å². The van der Waals surface area contributed by atoms with Crippen molar-refractivity contribution in [1.82, 2.24) is 0 Å². The van der Waals surface area contributed by atoms with E-state index in [0.29, 0.717) is 30.3 Å². The first-order valence-corrected chi connectivity index (χ1v) is 19.1. The smallest absolute Gasteiger partial charge is 0.340 e. The predicted octanol–water partition coefficient (Wildman–Crippen LogP) is -1.10. The van der Waals surface area contributed by atoms with Crippen LogP contribution in [0.2, 0.25) is 0 Å². The Morgan fingerprint density at radius 3 is 1.68 bits per heavy atom. The largest absolute Gasteiger partial charge is 0.504 e. The molecule has 1 fully saturated rings. The molecule has 0 aromatic heterocycles. The molecule has 0 radical (unpaired) electrons. The van der Waals surface area contributed by atoms with Crippen LogP contribution in [0.3, 0.4) is 0 Å². The molecule has 4 heterocycles. The lowest BCUT2D eigenvalue weighted by molar-refractivity contribution is -0.323. The molecule has 354 valence electrons. The Balaban J connectivity index is 1.29. The molecular weight excluding hydrogens is 924 g/mol. The summed E-state index contributed by atoms with van der Waals surface area (Å²) in [4.78, 5) is 84.6. The Hall–Kier alpha value is -8.92. The number of rotatable bonds is 2. The van der Waals surface area contributed by atoms with Crippen LogP contribution in [-0.4, -0.2) is 156 Å². The maximum Gasteiger partial charge on any atom is 0.340 e. The summed E-state index contributed by atoms with van der Waals surface area (Å²) < 4.78 is 39.1. The number of phenolic OH excluding ortho intramolecular Hbond substituents is 11. The van der Waals surface area contributed by atoms with Gasteiger partial charge in [-0.3, -0.25) is 4.79 Å². The number of cyclic esters (lactones) is 1. The number of hydrogen-bond acceptors (Lipinski definition) is 27. The minimum absolute atomic E-state index is 0.207. The van der Waals surface area contributed by atoms with E-state index in [4.69, 9.17) is 33.2 Å². The molecule has 7 atom stereocenters. The molecule has 27 heteroatoms. The van der Waals surface area contributed by atoms with Crippen LogP contribution in [0, 0.1) is 0 Å². The van der Waals surface area contributed by atoms with Gasteiger partial charge in [-0.15, -0.1) is 0 Å². The first kappa shape index (κ1) is 44.3. The van der Waals surface area contributed by atoms with Crippen molar-refractivity contribution in [2.45, 2.75) is 48.2 Å². The molecule has 0 saturated carbocycles. The van der Waals surface area contributed by atoms with Crippen molar-refractivity contribution in [2.75, 3.05) is 6.61 Å². The van der Waals surface area contributed by atoms with E-state index in [1.807, 2.05) is 0 Å². The molecule has 4 aliphatic heterocycles. The third-order valence-corrected chi connectivity index (χ3v) is 11.5. The van der Waals surface area contributed by atoms with Gasteiger partial charge in [-0.1, -0.05) is 0 Å². The third kappa shape index (κ3) is 6.21. The third-order valence-electron chi connectivity index (χ3n) is 11.5. The van der Waals surface area contributed by atoms with Crippen LogP contribution in [0.4, 0.5) is 0 Å². The summed E-state index contributed by atoms with van der Waals surface area (Å²) in [5, 5.41) is 150. The van der Waals surface area contributed by atoms with Gasteiger partial charge in [0.1, 0.15) is 12.7 Å². The second-order valence-corrected chi connectivity index (χ2v) is 15.5. The highest BCUT2D eigenvalue weighted by Crippen LogP contribution is 2.60. The highest BCUT2D eigenvalue weighted by atomic mass is 16.8. The van der Waals surface area contributed by atoms with Crippen LogP contribution in [0.25, 0.3) is 11.1 Å².